The molecular weight excluding hydrogens is 641 g/mol. The first-order valence-corrected chi connectivity index (χ1v) is 17.1. The van der Waals surface area contributed by atoms with E-state index in [0.717, 1.165) is 19.1 Å². The number of sulfonamides is 1. The SMILES string of the molecule is COC(=O)c1cccc(CONC(=O)[C@@H]2c3ccccc3C(=O)N([C@H]3CCCC[C@@H]3NS(C)(=O)=O)[C@H]2c2ccc(Cl)cc2Cl)c1. The van der Waals surface area contributed by atoms with Crippen molar-refractivity contribution in [2.24, 2.45) is 0 Å². The monoisotopic (exact) mass is 673 g/mol. The Balaban J connectivity index is 1.55. The molecule has 238 valence electrons. The minimum Gasteiger partial charge on any atom is -0.465 e. The van der Waals surface area contributed by atoms with E-state index in [1.165, 1.54) is 7.11 Å². The zero-order valence-electron chi connectivity index (χ0n) is 24.7. The largest absolute Gasteiger partial charge is 0.465 e. The molecule has 0 bridgehead atoms. The number of nitrogens with one attached hydrogen (secondary N) is 2. The molecule has 0 unspecified atom stereocenters. The maximum absolute atomic E-state index is 14.3. The normalized spacial score (nSPS) is 21.6. The molecule has 0 saturated heterocycles. The standard InChI is InChI=1S/C32H33Cl2N3O7S/c1-43-32(40)20-9-7-8-19(16-20)18-44-35-30(38)28-22-10-3-4-11-23(22)31(39)37(29(28)24-15-14-21(33)17-25(24)34)27-13-6-5-12-26(27)36-45(2,41)42/h3-4,7-11,14-17,26-29,36H,5-6,12-13,18H2,1-2H3,(H,35,38)/t26-,27-,28+,29-/m0/s1. The average molecular weight is 675 g/mol. The highest BCUT2D eigenvalue weighted by Crippen LogP contribution is 2.47. The van der Waals surface area contributed by atoms with Gasteiger partial charge in [0.25, 0.3) is 11.8 Å². The van der Waals surface area contributed by atoms with E-state index in [0.29, 0.717) is 45.7 Å². The zero-order chi connectivity index (χ0) is 32.3. The van der Waals surface area contributed by atoms with Gasteiger partial charge in [0.1, 0.15) is 0 Å². The van der Waals surface area contributed by atoms with Gasteiger partial charge in [0.15, 0.2) is 0 Å². The first-order chi connectivity index (χ1) is 21.5. The van der Waals surface area contributed by atoms with Gasteiger partial charge in [-0.1, -0.05) is 72.4 Å². The van der Waals surface area contributed by atoms with Gasteiger partial charge in [-0.25, -0.2) is 23.4 Å². The molecule has 4 atom stereocenters. The number of carbonyl (C=O) groups is 3. The first kappa shape index (κ1) is 32.9. The van der Waals surface area contributed by atoms with Gasteiger partial charge in [0.05, 0.1) is 37.5 Å². The molecule has 0 spiro atoms. The Labute approximate surface area is 272 Å². The fourth-order valence-electron chi connectivity index (χ4n) is 6.29. The summed E-state index contributed by atoms with van der Waals surface area (Å²) < 4.78 is 32.3. The lowest BCUT2D eigenvalue weighted by atomic mass is 9.76. The van der Waals surface area contributed by atoms with E-state index in [9.17, 15) is 22.8 Å². The summed E-state index contributed by atoms with van der Waals surface area (Å²) in [6.07, 6.45) is 3.68. The molecule has 3 aromatic rings. The molecule has 0 aromatic heterocycles. The Bertz CT molecular complexity index is 1720. The summed E-state index contributed by atoms with van der Waals surface area (Å²) in [4.78, 5) is 47.7. The number of hydrogen-bond acceptors (Lipinski definition) is 7. The Morgan fingerprint density at radius 3 is 2.47 bits per heavy atom. The summed E-state index contributed by atoms with van der Waals surface area (Å²) in [5.41, 5.74) is 4.79. The van der Waals surface area contributed by atoms with Crippen LogP contribution in [0.15, 0.2) is 66.7 Å². The number of carbonyl (C=O) groups excluding carboxylic acids is 3. The molecule has 1 aliphatic carbocycles. The fraction of sp³-hybridized carbons (Fsp3) is 0.344. The summed E-state index contributed by atoms with van der Waals surface area (Å²) in [6.45, 7) is -0.0526. The van der Waals surface area contributed by atoms with Crippen LogP contribution in [0.25, 0.3) is 0 Å². The Kier molecular flexibility index (Phi) is 10.1. The summed E-state index contributed by atoms with van der Waals surface area (Å²) in [6, 6.07) is 16.3. The van der Waals surface area contributed by atoms with Crippen LogP contribution in [0.5, 0.6) is 0 Å². The van der Waals surface area contributed by atoms with Crippen molar-refractivity contribution in [3.05, 3.63) is 105 Å². The second-order valence-electron chi connectivity index (χ2n) is 11.2. The number of esters is 1. The zero-order valence-corrected chi connectivity index (χ0v) is 27.0. The number of halogens is 2. The highest BCUT2D eigenvalue weighted by Gasteiger charge is 2.49. The third-order valence-electron chi connectivity index (χ3n) is 8.15. The summed E-state index contributed by atoms with van der Waals surface area (Å²) >= 11 is 13.0. The van der Waals surface area contributed by atoms with Crippen molar-refractivity contribution in [2.45, 2.75) is 56.3 Å². The van der Waals surface area contributed by atoms with Crippen LogP contribution in [0.3, 0.4) is 0 Å². The second kappa shape index (κ2) is 13.9. The van der Waals surface area contributed by atoms with Crippen LogP contribution in [0.4, 0.5) is 0 Å². The summed E-state index contributed by atoms with van der Waals surface area (Å²) in [5.74, 6) is -2.36. The Morgan fingerprint density at radius 1 is 0.978 bits per heavy atom. The fourth-order valence-corrected chi connectivity index (χ4v) is 7.63. The molecule has 10 nitrogen and oxygen atoms in total. The predicted molar refractivity (Wildman–Crippen MR) is 169 cm³/mol. The van der Waals surface area contributed by atoms with Crippen LogP contribution in [-0.4, -0.2) is 56.6 Å². The molecule has 1 fully saturated rings. The maximum Gasteiger partial charge on any atom is 0.337 e. The maximum atomic E-state index is 14.3. The molecule has 0 radical (unpaired) electrons. The number of fused-ring (bicyclic) bond motifs is 1. The third kappa shape index (κ3) is 7.34. The smallest absolute Gasteiger partial charge is 0.337 e. The minimum absolute atomic E-state index is 0.0526. The van der Waals surface area contributed by atoms with Crippen molar-refractivity contribution in [3.8, 4) is 0 Å². The molecule has 13 heteroatoms. The van der Waals surface area contributed by atoms with E-state index in [4.69, 9.17) is 32.8 Å². The molecular formula is C32H33Cl2N3O7S. The molecule has 45 heavy (non-hydrogen) atoms. The van der Waals surface area contributed by atoms with Crippen molar-refractivity contribution >= 4 is 51.0 Å². The second-order valence-corrected chi connectivity index (χ2v) is 13.8. The van der Waals surface area contributed by atoms with E-state index < -0.39 is 45.9 Å². The lowest BCUT2D eigenvalue weighted by molar-refractivity contribution is -0.138. The molecule has 1 aliphatic heterocycles. The highest BCUT2D eigenvalue weighted by molar-refractivity contribution is 7.88. The molecule has 2 amide bonds. The van der Waals surface area contributed by atoms with Gasteiger partial charge in [-0.3, -0.25) is 14.4 Å². The van der Waals surface area contributed by atoms with Crippen LogP contribution in [-0.2, 0) is 31.0 Å². The van der Waals surface area contributed by atoms with Gasteiger partial charge >= 0.3 is 5.97 Å². The van der Waals surface area contributed by atoms with Crippen LogP contribution in [0.1, 0.15) is 75.0 Å². The van der Waals surface area contributed by atoms with Gasteiger partial charge in [0, 0.05) is 27.7 Å². The van der Waals surface area contributed by atoms with Gasteiger partial charge < -0.3 is 9.64 Å². The molecule has 2 aliphatic rings. The van der Waals surface area contributed by atoms with Crippen LogP contribution in [0, 0.1) is 0 Å². The number of amides is 2. The van der Waals surface area contributed by atoms with Crippen molar-refractivity contribution in [1.29, 1.82) is 0 Å². The number of hydroxylamine groups is 1. The molecule has 1 saturated carbocycles. The van der Waals surface area contributed by atoms with Crippen LogP contribution >= 0.6 is 23.2 Å². The average Bonchev–Trinajstić information content (AvgIpc) is 3.00. The lowest BCUT2D eigenvalue weighted by Crippen LogP contribution is -2.59. The van der Waals surface area contributed by atoms with Gasteiger partial charge in [-0.15, -0.1) is 0 Å². The van der Waals surface area contributed by atoms with Gasteiger partial charge in [0.2, 0.25) is 10.0 Å². The summed E-state index contributed by atoms with van der Waals surface area (Å²) in [5, 5.41) is 0.636. The van der Waals surface area contributed by atoms with Crippen LogP contribution < -0.4 is 10.2 Å². The van der Waals surface area contributed by atoms with Gasteiger partial charge in [-0.2, -0.15) is 0 Å². The van der Waals surface area contributed by atoms with Crippen molar-refractivity contribution in [1.82, 2.24) is 15.1 Å². The number of benzene rings is 3. The van der Waals surface area contributed by atoms with E-state index in [1.54, 1.807) is 71.6 Å². The molecule has 1 heterocycles. The van der Waals surface area contributed by atoms with Crippen molar-refractivity contribution in [2.75, 3.05) is 13.4 Å². The Hall–Kier alpha value is -3.48. The van der Waals surface area contributed by atoms with E-state index >= 15 is 0 Å². The molecule has 3 aromatic carbocycles. The van der Waals surface area contributed by atoms with Gasteiger partial charge in [-0.05, 0) is 59.9 Å². The minimum atomic E-state index is -3.61. The molecule has 2 N–H and O–H groups in total. The van der Waals surface area contributed by atoms with E-state index in [-0.39, 0.29) is 17.5 Å². The Morgan fingerprint density at radius 2 is 1.73 bits per heavy atom. The summed E-state index contributed by atoms with van der Waals surface area (Å²) in [7, 11) is -2.32. The first-order valence-electron chi connectivity index (χ1n) is 14.4. The number of hydrogen-bond donors (Lipinski definition) is 2. The quantitative estimate of drug-likeness (QED) is 0.237. The third-order valence-corrected chi connectivity index (χ3v) is 9.45. The van der Waals surface area contributed by atoms with Crippen molar-refractivity contribution in [3.63, 3.8) is 0 Å². The lowest BCUT2D eigenvalue weighted by Gasteiger charge is -2.49. The number of rotatable bonds is 9. The number of nitrogens with zero attached hydrogens (tertiary/aromatic N) is 1. The van der Waals surface area contributed by atoms with Crippen molar-refractivity contribution < 1.29 is 32.4 Å². The van der Waals surface area contributed by atoms with E-state index in [2.05, 4.69) is 10.2 Å². The number of ether oxygens (including phenoxy) is 1. The highest BCUT2D eigenvalue weighted by atomic mass is 35.5. The number of methoxy groups -OCH3 is 1. The molecule has 5 rings (SSSR count). The topological polar surface area (TPSA) is 131 Å². The predicted octanol–water partition coefficient (Wildman–Crippen LogP) is 5.17. The van der Waals surface area contributed by atoms with E-state index in [1.807, 2.05) is 0 Å². The van der Waals surface area contributed by atoms with Crippen LogP contribution in [0.2, 0.25) is 10.0 Å².